The van der Waals surface area contributed by atoms with Gasteiger partial charge in [0.2, 0.25) is 5.91 Å². The van der Waals surface area contributed by atoms with E-state index in [9.17, 15) is 9.59 Å². The molecule has 1 aromatic rings. The van der Waals surface area contributed by atoms with E-state index in [2.05, 4.69) is 5.32 Å². The molecule has 0 spiro atoms. The lowest BCUT2D eigenvalue weighted by Crippen LogP contribution is -2.39. The van der Waals surface area contributed by atoms with E-state index in [0.717, 1.165) is 12.0 Å². The summed E-state index contributed by atoms with van der Waals surface area (Å²) in [6, 6.07) is 7.31. The highest BCUT2D eigenvalue weighted by molar-refractivity contribution is 5.96. The minimum Gasteiger partial charge on any atom is -0.383 e. The highest BCUT2D eigenvalue weighted by Gasteiger charge is 2.14. The summed E-state index contributed by atoms with van der Waals surface area (Å²) in [5.74, 6) is -0.392. The Balaban J connectivity index is 2.57. The van der Waals surface area contributed by atoms with Crippen molar-refractivity contribution in [2.45, 2.75) is 6.42 Å². The second kappa shape index (κ2) is 9.10. The zero-order chi connectivity index (χ0) is 15.7. The van der Waals surface area contributed by atoms with Crippen molar-refractivity contribution in [1.82, 2.24) is 10.2 Å². The molecule has 6 nitrogen and oxygen atoms in total. The predicted octanol–water partition coefficient (Wildman–Crippen LogP) is 0.0224. The fraction of sp³-hybridized carbons (Fsp3) is 0.467. The molecule has 0 radical (unpaired) electrons. The molecule has 0 atom stereocenters. The molecule has 0 bridgehead atoms. The third-order valence-corrected chi connectivity index (χ3v) is 2.96. The highest BCUT2D eigenvalue weighted by Crippen LogP contribution is 2.08. The Kier molecular flexibility index (Phi) is 7.42. The van der Waals surface area contributed by atoms with Gasteiger partial charge in [0.05, 0.1) is 13.2 Å². The number of nitrogens with two attached hydrogens (primary N) is 1. The number of hydrogen-bond acceptors (Lipinski definition) is 4. The number of likely N-dealkylation sites (N-methyl/N-ethyl adjacent to an activating group) is 1. The van der Waals surface area contributed by atoms with Crippen molar-refractivity contribution in [3.63, 3.8) is 0 Å². The Morgan fingerprint density at radius 3 is 2.81 bits per heavy atom. The number of rotatable bonds is 8. The lowest BCUT2D eigenvalue weighted by Gasteiger charge is -2.17. The average molecular weight is 293 g/mol. The largest absolute Gasteiger partial charge is 0.383 e. The SMILES string of the molecule is COCCNC(=O)CN(C)C(=O)c1cccc(CCN)c1. The third-order valence-electron chi connectivity index (χ3n) is 2.96. The van der Waals surface area contributed by atoms with Crippen LogP contribution in [0.25, 0.3) is 0 Å². The number of nitrogens with one attached hydrogen (secondary N) is 1. The summed E-state index contributed by atoms with van der Waals surface area (Å²) >= 11 is 0. The second-order valence-corrected chi connectivity index (χ2v) is 4.74. The van der Waals surface area contributed by atoms with Crippen molar-refractivity contribution in [3.8, 4) is 0 Å². The molecule has 0 aliphatic heterocycles. The molecule has 2 amide bonds. The Morgan fingerprint density at radius 1 is 1.38 bits per heavy atom. The molecule has 0 unspecified atom stereocenters. The normalized spacial score (nSPS) is 10.2. The Bertz CT molecular complexity index is 477. The summed E-state index contributed by atoms with van der Waals surface area (Å²) in [5, 5.41) is 2.68. The summed E-state index contributed by atoms with van der Waals surface area (Å²) < 4.78 is 4.84. The molecular weight excluding hydrogens is 270 g/mol. The van der Waals surface area contributed by atoms with Crippen LogP contribution in [-0.4, -0.2) is 57.1 Å². The van der Waals surface area contributed by atoms with Gasteiger partial charge in [-0.2, -0.15) is 0 Å². The molecule has 6 heteroatoms. The fourth-order valence-corrected chi connectivity index (χ4v) is 1.88. The lowest BCUT2D eigenvalue weighted by atomic mass is 10.1. The number of methoxy groups -OCH3 is 1. The molecule has 1 rings (SSSR count). The van der Waals surface area contributed by atoms with Crippen molar-refractivity contribution >= 4 is 11.8 Å². The molecule has 3 N–H and O–H groups in total. The minimum absolute atomic E-state index is 0.0175. The molecule has 0 aliphatic carbocycles. The standard InChI is InChI=1S/C15H23N3O3/c1-18(11-14(19)17-8-9-21-2)15(20)13-5-3-4-12(10-13)6-7-16/h3-5,10H,6-9,11,16H2,1-2H3,(H,17,19). The van der Waals surface area contributed by atoms with E-state index in [1.54, 1.807) is 20.2 Å². The van der Waals surface area contributed by atoms with Gasteiger partial charge in [-0.1, -0.05) is 12.1 Å². The lowest BCUT2D eigenvalue weighted by molar-refractivity contribution is -0.121. The van der Waals surface area contributed by atoms with E-state index in [0.29, 0.717) is 25.3 Å². The first kappa shape index (κ1) is 17.1. The monoisotopic (exact) mass is 293 g/mol. The first-order chi connectivity index (χ1) is 10.1. The van der Waals surface area contributed by atoms with E-state index in [1.807, 2.05) is 18.2 Å². The number of ether oxygens (including phenoxy) is 1. The quantitative estimate of drug-likeness (QED) is 0.662. The average Bonchev–Trinajstić information content (AvgIpc) is 2.47. The van der Waals surface area contributed by atoms with Crippen LogP contribution in [-0.2, 0) is 16.0 Å². The first-order valence-corrected chi connectivity index (χ1v) is 6.88. The third kappa shape index (κ3) is 5.93. The van der Waals surface area contributed by atoms with Gasteiger partial charge in [-0.15, -0.1) is 0 Å². The summed E-state index contributed by atoms with van der Waals surface area (Å²) in [6.45, 7) is 1.44. The number of benzene rings is 1. The van der Waals surface area contributed by atoms with Crippen molar-refractivity contribution < 1.29 is 14.3 Å². The van der Waals surface area contributed by atoms with Crippen LogP contribution in [0.2, 0.25) is 0 Å². The van der Waals surface area contributed by atoms with Gasteiger partial charge in [0.25, 0.3) is 5.91 Å². The summed E-state index contributed by atoms with van der Waals surface area (Å²) in [4.78, 5) is 25.3. The van der Waals surface area contributed by atoms with Gasteiger partial charge in [-0.3, -0.25) is 9.59 Å². The van der Waals surface area contributed by atoms with Crippen LogP contribution < -0.4 is 11.1 Å². The first-order valence-electron chi connectivity index (χ1n) is 6.88. The number of carbonyl (C=O) groups excluding carboxylic acids is 2. The molecule has 0 fully saturated rings. The maximum atomic E-state index is 12.3. The van der Waals surface area contributed by atoms with Crippen LogP contribution in [0.15, 0.2) is 24.3 Å². The maximum Gasteiger partial charge on any atom is 0.254 e. The van der Waals surface area contributed by atoms with Gasteiger partial charge in [-0.25, -0.2) is 0 Å². The molecule has 0 heterocycles. The molecule has 116 valence electrons. The van der Waals surface area contributed by atoms with E-state index in [-0.39, 0.29) is 18.4 Å². The van der Waals surface area contributed by atoms with E-state index >= 15 is 0 Å². The van der Waals surface area contributed by atoms with E-state index in [1.165, 1.54) is 4.90 Å². The van der Waals surface area contributed by atoms with E-state index < -0.39 is 0 Å². The Labute approximate surface area is 125 Å². The Hall–Kier alpha value is -1.92. The summed E-state index contributed by atoms with van der Waals surface area (Å²) in [6.07, 6.45) is 0.725. The van der Waals surface area contributed by atoms with Crippen LogP contribution in [0, 0.1) is 0 Å². The highest BCUT2D eigenvalue weighted by atomic mass is 16.5. The zero-order valence-electron chi connectivity index (χ0n) is 12.6. The number of hydrogen-bond donors (Lipinski definition) is 2. The van der Waals surface area contributed by atoms with Gasteiger partial charge in [0.15, 0.2) is 0 Å². The van der Waals surface area contributed by atoms with Crippen molar-refractivity contribution in [2.24, 2.45) is 5.73 Å². The molecule has 1 aromatic carbocycles. The minimum atomic E-state index is -0.207. The molecule has 0 aliphatic rings. The molecule has 0 saturated heterocycles. The zero-order valence-corrected chi connectivity index (χ0v) is 12.6. The smallest absolute Gasteiger partial charge is 0.254 e. The predicted molar refractivity (Wildman–Crippen MR) is 81.0 cm³/mol. The van der Waals surface area contributed by atoms with Crippen molar-refractivity contribution in [1.29, 1.82) is 0 Å². The van der Waals surface area contributed by atoms with Crippen molar-refractivity contribution in [2.75, 3.05) is 40.4 Å². The van der Waals surface area contributed by atoms with E-state index in [4.69, 9.17) is 10.5 Å². The van der Waals surface area contributed by atoms with Crippen LogP contribution in [0.5, 0.6) is 0 Å². The van der Waals surface area contributed by atoms with Crippen molar-refractivity contribution in [3.05, 3.63) is 35.4 Å². The maximum absolute atomic E-state index is 12.3. The van der Waals surface area contributed by atoms with Crippen LogP contribution >= 0.6 is 0 Å². The topological polar surface area (TPSA) is 84.7 Å². The number of amides is 2. The van der Waals surface area contributed by atoms with Gasteiger partial charge in [-0.05, 0) is 30.7 Å². The fourth-order valence-electron chi connectivity index (χ4n) is 1.88. The Morgan fingerprint density at radius 2 is 2.14 bits per heavy atom. The molecular formula is C15H23N3O3. The van der Waals surface area contributed by atoms with Crippen LogP contribution in [0.1, 0.15) is 15.9 Å². The van der Waals surface area contributed by atoms with Gasteiger partial charge in [0.1, 0.15) is 0 Å². The van der Waals surface area contributed by atoms with Crippen LogP contribution in [0.4, 0.5) is 0 Å². The summed E-state index contributed by atoms with van der Waals surface area (Å²) in [7, 11) is 3.17. The molecule has 21 heavy (non-hydrogen) atoms. The van der Waals surface area contributed by atoms with Crippen LogP contribution in [0.3, 0.4) is 0 Å². The molecule has 0 aromatic heterocycles. The molecule has 0 saturated carbocycles. The number of carbonyl (C=O) groups is 2. The summed E-state index contributed by atoms with van der Waals surface area (Å²) in [5.41, 5.74) is 7.09. The number of nitrogens with zero attached hydrogens (tertiary/aromatic N) is 1. The van der Waals surface area contributed by atoms with Gasteiger partial charge >= 0.3 is 0 Å². The van der Waals surface area contributed by atoms with Gasteiger partial charge in [0, 0.05) is 26.3 Å². The second-order valence-electron chi connectivity index (χ2n) is 4.74. The van der Waals surface area contributed by atoms with Gasteiger partial charge < -0.3 is 20.7 Å².